The minimum Gasteiger partial charge on any atom is -0.466 e. The van der Waals surface area contributed by atoms with Crippen molar-refractivity contribution in [3.05, 3.63) is 35.4 Å². The van der Waals surface area contributed by atoms with Gasteiger partial charge in [-0.15, -0.1) is 0 Å². The number of esters is 2. The third-order valence-corrected chi connectivity index (χ3v) is 3.30. The molecule has 0 saturated heterocycles. The molecule has 0 fully saturated rings. The van der Waals surface area contributed by atoms with E-state index in [1.807, 2.05) is 45.0 Å². The molecule has 1 aromatic rings. The van der Waals surface area contributed by atoms with E-state index in [1.165, 1.54) is 6.92 Å². The number of rotatable bonds is 6. The van der Waals surface area contributed by atoms with Crippen LogP contribution in [0.2, 0.25) is 0 Å². The molecule has 2 unspecified atom stereocenters. The smallest absolute Gasteiger partial charge is 0.313 e. The van der Waals surface area contributed by atoms with Crippen LogP contribution >= 0.6 is 0 Å². The molecule has 0 heterocycles. The van der Waals surface area contributed by atoms with Crippen LogP contribution in [0.4, 0.5) is 0 Å². The van der Waals surface area contributed by atoms with E-state index in [-0.39, 0.29) is 29.9 Å². The number of carbonyl (C=O) groups excluding carboxylic acids is 2. The number of hydrogen-bond acceptors (Lipinski definition) is 4. The lowest BCUT2D eigenvalue weighted by atomic mass is 9.94. The van der Waals surface area contributed by atoms with Crippen LogP contribution in [0.15, 0.2) is 24.3 Å². The fraction of sp³-hybridized carbons (Fsp3) is 0.529. The molecule has 0 aliphatic rings. The van der Waals surface area contributed by atoms with Gasteiger partial charge in [-0.2, -0.15) is 0 Å². The van der Waals surface area contributed by atoms with Crippen molar-refractivity contribution in [2.75, 3.05) is 6.61 Å². The first-order chi connectivity index (χ1) is 9.86. The Hall–Kier alpha value is -1.84. The summed E-state index contributed by atoms with van der Waals surface area (Å²) in [7, 11) is 0. The molecule has 1 rings (SSSR count). The molecule has 0 amide bonds. The average Bonchev–Trinajstić information content (AvgIpc) is 2.44. The van der Waals surface area contributed by atoms with E-state index in [1.54, 1.807) is 6.92 Å². The SMILES string of the molecule is CCOC(=O)C(C)c1ccc(C(OC(C)=O)C(C)C)cc1. The summed E-state index contributed by atoms with van der Waals surface area (Å²) in [5.74, 6) is -0.643. The van der Waals surface area contributed by atoms with Crippen molar-refractivity contribution >= 4 is 11.9 Å². The highest BCUT2D eigenvalue weighted by atomic mass is 16.5. The summed E-state index contributed by atoms with van der Waals surface area (Å²) in [4.78, 5) is 22.9. The number of benzene rings is 1. The highest BCUT2D eigenvalue weighted by Gasteiger charge is 2.20. The lowest BCUT2D eigenvalue weighted by Gasteiger charge is -2.21. The normalized spacial score (nSPS) is 13.6. The molecule has 0 radical (unpaired) electrons. The minimum absolute atomic E-state index is 0.183. The lowest BCUT2D eigenvalue weighted by molar-refractivity contribution is -0.149. The summed E-state index contributed by atoms with van der Waals surface area (Å²) >= 11 is 0. The molecule has 0 spiro atoms. The Bertz CT molecular complexity index is 476. The van der Waals surface area contributed by atoms with Crippen LogP contribution in [0, 0.1) is 5.92 Å². The molecule has 0 aromatic heterocycles. The molecule has 0 bridgehead atoms. The van der Waals surface area contributed by atoms with E-state index >= 15 is 0 Å². The van der Waals surface area contributed by atoms with Gasteiger partial charge < -0.3 is 9.47 Å². The van der Waals surface area contributed by atoms with Gasteiger partial charge in [0.1, 0.15) is 6.10 Å². The van der Waals surface area contributed by atoms with Crippen molar-refractivity contribution in [2.45, 2.75) is 46.6 Å². The van der Waals surface area contributed by atoms with Gasteiger partial charge >= 0.3 is 11.9 Å². The van der Waals surface area contributed by atoms with Crippen LogP contribution in [0.3, 0.4) is 0 Å². The molecule has 2 atom stereocenters. The first kappa shape index (κ1) is 17.2. The van der Waals surface area contributed by atoms with Gasteiger partial charge in [-0.25, -0.2) is 0 Å². The largest absolute Gasteiger partial charge is 0.466 e. The second kappa shape index (κ2) is 7.81. The van der Waals surface area contributed by atoms with Gasteiger partial charge in [0.25, 0.3) is 0 Å². The summed E-state index contributed by atoms with van der Waals surface area (Å²) in [6.07, 6.45) is -0.269. The lowest BCUT2D eigenvalue weighted by Crippen LogP contribution is -2.15. The Labute approximate surface area is 126 Å². The predicted molar refractivity (Wildman–Crippen MR) is 80.8 cm³/mol. The van der Waals surface area contributed by atoms with Crippen molar-refractivity contribution < 1.29 is 19.1 Å². The Morgan fingerprint density at radius 2 is 1.57 bits per heavy atom. The zero-order chi connectivity index (χ0) is 16.0. The molecule has 0 aliphatic carbocycles. The number of carbonyl (C=O) groups is 2. The van der Waals surface area contributed by atoms with Gasteiger partial charge in [0, 0.05) is 6.92 Å². The maximum Gasteiger partial charge on any atom is 0.313 e. The summed E-state index contributed by atoms with van der Waals surface area (Å²) < 4.78 is 10.4. The quantitative estimate of drug-likeness (QED) is 0.752. The van der Waals surface area contributed by atoms with Crippen LogP contribution in [-0.4, -0.2) is 18.5 Å². The van der Waals surface area contributed by atoms with Crippen LogP contribution in [0.1, 0.15) is 57.8 Å². The number of hydrogen-bond donors (Lipinski definition) is 0. The predicted octanol–water partition coefficient (Wildman–Crippen LogP) is 3.61. The van der Waals surface area contributed by atoms with Crippen LogP contribution in [0.5, 0.6) is 0 Å². The van der Waals surface area contributed by atoms with E-state index in [4.69, 9.17) is 9.47 Å². The maximum absolute atomic E-state index is 11.7. The van der Waals surface area contributed by atoms with Gasteiger partial charge in [0.05, 0.1) is 12.5 Å². The first-order valence-corrected chi connectivity index (χ1v) is 7.30. The Morgan fingerprint density at radius 1 is 1.05 bits per heavy atom. The summed E-state index contributed by atoms with van der Waals surface area (Å²) in [6.45, 7) is 9.40. The van der Waals surface area contributed by atoms with Crippen molar-refractivity contribution in [1.82, 2.24) is 0 Å². The third-order valence-electron chi connectivity index (χ3n) is 3.30. The fourth-order valence-corrected chi connectivity index (χ4v) is 2.15. The highest BCUT2D eigenvalue weighted by Crippen LogP contribution is 2.27. The van der Waals surface area contributed by atoms with Crippen LogP contribution in [-0.2, 0) is 19.1 Å². The Morgan fingerprint density at radius 3 is 2.00 bits per heavy atom. The second-order valence-electron chi connectivity index (χ2n) is 5.41. The number of ether oxygens (including phenoxy) is 2. The maximum atomic E-state index is 11.7. The molecule has 0 N–H and O–H groups in total. The van der Waals surface area contributed by atoms with Gasteiger partial charge in [-0.1, -0.05) is 38.1 Å². The van der Waals surface area contributed by atoms with E-state index in [0.717, 1.165) is 11.1 Å². The first-order valence-electron chi connectivity index (χ1n) is 7.30. The van der Waals surface area contributed by atoms with E-state index in [2.05, 4.69) is 0 Å². The van der Waals surface area contributed by atoms with Crippen molar-refractivity contribution in [1.29, 1.82) is 0 Å². The molecule has 0 aliphatic heterocycles. The summed E-state index contributed by atoms with van der Waals surface area (Å²) in [5.41, 5.74) is 1.82. The van der Waals surface area contributed by atoms with Gasteiger partial charge in [0.15, 0.2) is 0 Å². The molecular weight excluding hydrogens is 268 g/mol. The highest BCUT2D eigenvalue weighted by molar-refractivity contribution is 5.77. The molecule has 1 aromatic carbocycles. The topological polar surface area (TPSA) is 52.6 Å². The third kappa shape index (κ3) is 4.88. The van der Waals surface area contributed by atoms with Crippen molar-refractivity contribution in [2.24, 2.45) is 5.92 Å². The standard InChI is InChI=1S/C17H24O4/c1-6-20-17(19)12(4)14-7-9-15(10-8-14)16(11(2)3)21-13(5)18/h7-12,16H,6H2,1-5H3. The Balaban J connectivity index is 2.89. The molecule has 4 heteroatoms. The van der Waals surface area contributed by atoms with Gasteiger partial charge in [-0.05, 0) is 30.9 Å². The minimum atomic E-state index is -0.301. The van der Waals surface area contributed by atoms with Gasteiger partial charge in [-0.3, -0.25) is 9.59 Å². The van der Waals surface area contributed by atoms with E-state index in [9.17, 15) is 9.59 Å². The Kier molecular flexibility index (Phi) is 6.40. The molecule has 21 heavy (non-hydrogen) atoms. The van der Waals surface area contributed by atoms with Crippen LogP contribution < -0.4 is 0 Å². The van der Waals surface area contributed by atoms with Gasteiger partial charge in [0.2, 0.25) is 0 Å². The summed E-state index contributed by atoms with van der Waals surface area (Å²) in [5, 5.41) is 0. The molecular formula is C17H24O4. The molecule has 4 nitrogen and oxygen atoms in total. The van der Waals surface area contributed by atoms with E-state index < -0.39 is 0 Å². The van der Waals surface area contributed by atoms with E-state index in [0.29, 0.717) is 6.61 Å². The molecule has 116 valence electrons. The summed E-state index contributed by atoms with van der Waals surface area (Å²) in [6, 6.07) is 7.57. The van der Waals surface area contributed by atoms with Crippen LogP contribution in [0.25, 0.3) is 0 Å². The fourth-order valence-electron chi connectivity index (χ4n) is 2.15. The average molecular weight is 292 g/mol. The monoisotopic (exact) mass is 292 g/mol. The molecule has 0 saturated carbocycles. The second-order valence-corrected chi connectivity index (χ2v) is 5.41. The van der Waals surface area contributed by atoms with Crippen molar-refractivity contribution in [3.63, 3.8) is 0 Å². The zero-order valence-corrected chi connectivity index (χ0v) is 13.4. The van der Waals surface area contributed by atoms with Crippen molar-refractivity contribution in [3.8, 4) is 0 Å². The zero-order valence-electron chi connectivity index (χ0n) is 13.4.